The summed E-state index contributed by atoms with van der Waals surface area (Å²) in [6.07, 6.45) is 6.25. The second-order valence-corrected chi connectivity index (χ2v) is 8.11. The molecule has 4 aliphatic carbocycles. The van der Waals surface area contributed by atoms with Crippen molar-refractivity contribution in [1.82, 2.24) is 0 Å². The van der Waals surface area contributed by atoms with Crippen LogP contribution in [0.1, 0.15) is 53.4 Å². The second kappa shape index (κ2) is 2.54. The molecule has 0 heterocycles. The molecule has 16 heavy (non-hydrogen) atoms. The molecule has 0 nitrogen and oxygen atoms in total. The maximum atomic E-state index is 2.61. The highest BCUT2D eigenvalue weighted by Crippen LogP contribution is 2.90. The molecule has 4 saturated carbocycles. The van der Waals surface area contributed by atoms with Crippen LogP contribution >= 0.6 is 0 Å². The van der Waals surface area contributed by atoms with Gasteiger partial charge < -0.3 is 0 Å². The monoisotopic (exact) mass is 218 g/mol. The first-order chi connectivity index (χ1) is 7.52. The van der Waals surface area contributed by atoms with Crippen molar-refractivity contribution in [2.75, 3.05) is 0 Å². The third-order valence-corrected chi connectivity index (χ3v) is 7.39. The van der Waals surface area contributed by atoms with Gasteiger partial charge in [-0.05, 0) is 72.0 Å². The van der Waals surface area contributed by atoms with E-state index in [9.17, 15) is 0 Å². The van der Waals surface area contributed by atoms with Crippen molar-refractivity contribution < 1.29 is 0 Å². The Morgan fingerprint density at radius 1 is 1.12 bits per heavy atom. The van der Waals surface area contributed by atoms with Crippen LogP contribution in [0.5, 0.6) is 0 Å². The highest BCUT2D eigenvalue weighted by atomic mass is 14.9. The van der Waals surface area contributed by atoms with E-state index < -0.39 is 0 Å². The predicted molar refractivity (Wildman–Crippen MR) is 67.0 cm³/mol. The standard InChI is InChI=1S/C16H26/c1-9(2)12-6-5-10(3)16-8-11-7-15(11,4)14(16)13(12)16/h9-14H,5-8H2,1-4H3/t10-,11?,12?,13?,14?,15+,16-/m0/s1. The van der Waals surface area contributed by atoms with Crippen molar-refractivity contribution in [3.8, 4) is 0 Å². The molecule has 0 aromatic heterocycles. The van der Waals surface area contributed by atoms with E-state index in [0.717, 1.165) is 46.3 Å². The number of fused-ring (bicyclic) bond motifs is 3. The first-order valence-corrected chi connectivity index (χ1v) is 7.52. The molecule has 7 atom stereocenters. The average molecular weight is 218 g/mol. The minimum absolute atomic E-state index is 0.816. The Labute approximate surface area is 100 Å². The van der Waals surface area contributed by atoms with E-state index in [1.54, 1.807) is 12.8 Å². The van der Waals surface area contributed by atoms with E-state index in [1.807, 2.05) is 0 Å². The van der Waals surface area contributed by atoms with Gasteiger partial charge in [-0.2, -0.15) is 0 Å². The summed E-state index contributed by atoms with van der Waals surface area (Å²) in [5.41, 5.74) is 1.67. The molecule has 0 aromatic rings. The van der Waals surface area contributed by atoms with Crippen LogP contribution in [0.15, 0.2) is 0 Å². The molecular weight excluding hydrogens is 192 g/mol. The van der Waals surface area contributed by atoms with Crippen molar-refractivity contribution in [1.29, 1.82) is 0 Å². The zero-order valence-electron chi connectivity index (χ0n) is 11.3. The fourth-order valence-corrected chi connectivity index (χ4v) is 6.48. The lowest BCUT2D eigenvalue weighted by Crippen LogP contribution is -2.28. The molecule has 4 fully saturated rings. The van der Waals surface area contributed by atoms with Crippen LogP contribution in [0.2, 0.25) is 0 Å². The summed E-state index contributed by atoms with van der Waals surface area (Å²) in [4.78, 5) is 0. The maximum Gasteiger partial charge on any atom is -0.0198 e. The van der Waals surface area contributed by atoms with Gasteiger partial charge in [0.1, 0.15) is 0 Å². The molecule has 4 aliphatic rings. The maximum absolute atomic E-state index is 2.61. The Kier molecular flexibility index (Phi) is 1.59. The third kappa shape index (κ3) is 0.842. The van der Waals surface area contributed by atoms with Gasteiger partial charge in [0.05, 0.1) is 0 Å². The molecule has 4 unspecified atom stereocenters. The lowest BCUT2D eigenvalue weighted by atomic mass is 9.69. The van der Waals surface area contributed by atoms with E-state index in [-0.39, 0.29) is 0 Å². The average Bonchev–Trinajstić information content (AvgIpc) is 3.03. The smallest absolute Gasteiger partial charge is 0.0198 e. The highest BCUT2D eigenvalue weighted by Gasteiger charge is 2.85. The topological polar surface area (TPSA) is 0 Å². The second-order valence-electron chi connectivity index (χ2n) is 8.11. The van der Waals surface area contributed by atoms with Crippen LogP contribution in [-0.4, -0.2) is 0 Å². The van der Waals surface area contributed by atoms with Crippen molar-refractivity contribution >= 4 is 0 Å². The van der Waals surface area contributed by atoms with E-state index in [0.29, 0.717) is 0 Å². The fourth-order valence-electron chi connectivity index (χ4n) is 6.48. The summed E-state index contributed by atoms with van der Waals surface area (Å²) >= 11 is 0. The Balaban J connectivity index is 1.70. The van der Waals surface area contributed by atoms with Crippen molar-refractivity contribution in [2.24, 2.45) is 46.3 Å². The van der Waals surface area contributed by atoms with Crippen LogP contribution in [-0.2, 0) is 0 Å². The Hall–Kier alpha value is 0. The molecule has 90 valence electrons. The fraction of sp³-hybridized carbons (Fsp3) is 1.00. The number of hydrogen-bond donors (Lipinski definition) is 0. The zero-order chi connectivity index (χ0) is 11.3. The van der Waals surface area contributed by atoms with Crippen LogP contribution in [0, 0.1) is 46.3 Å². The van der Waals surface area contributed by atoms with Crippen LogP contribution in [0.25, 0.3) is 0 Å². The number of rotatable bonds is 1. The Morgan fingerprint density at radius 2 is 1.88 bits per heavy atom. The van der Waals surface area contributed by atoms with Crippen LogP contribution in [0.3, 0.4) is 0 Å². The van der Waals surface area contributed by atoms with E-state index >= 15 is 0 Å². The van der Waals surface area contributed by atoms with Gasteiger partial charge in [0.2, 0.25) is 0 Å². The quantitative estimate of drug-likeness (QED) is 0.614. The molecule has 1 spiro atoms. The van der Waals surface area contributed by atoms with E-state index in [4.69, 9.17) is 0 Å². The minimum atomic E-state index is 0.816. The first kappa shape index (κ1) is 9.97. The SMILES string of the molecule is CC(C)C1CC[C@H](C)[C@]23CC4C[C@@]4(C)C2C13. The van der Waals surface area contributed by atoms with E-state index in [1.165, 1.54) is 12.8 Å². The molecule has 0 saturated heterocycles. The Morgan fingerprint density at radius 3 is 2.56 bits per heavy atom. The molecule has 0 N–H and O–H groups in total. The van der Waals surface area contributed by atoms with Crippen molar-refractivity contribution in [3.63, 3.8) is 0 Å². The molecule has 4 rings (SSSR count). The molecule has 0 aromatic carbocycles. The normalized spacial score (nSPS) is 66.2. The van der Waals surface area contributed by atoms with Gasteiger partial charge in [0.25, 0.3) is 0 Å². The summed E-state index contributed by atoms with van der Waals surface area (Å²) in [6, 6.07) is 0. The third-order valence-electron chi connectivity index (χ3n) is 7.39. The summed E-state index contributed by atoms with van der Waals surface area (Å²) in [6.45, 7) is 10.1. The van der Waals surface area contributed by atoms with Gasteiger partial charge in [0.15, 0.2) is 0 Å². The zero-order valence-corrected chi connectivity index (χ0v) is 11.3. The largest absolute Gasteiger partial charge is 0.0625 e. The summed E-state index contributed by atoms with van der Waals surface area (Å²) in [5, 5.41) is 0. The lowest BCUT2D eigenvalue weighted by Gasteiger charge is -2.35. The van der Waals surface area contributed by atoms with Gasteiger partial charge in [-0.3, -0.25) is 0 Å². The minimum Gasteiger partial charge on any atom is -0.0625 e. The van der Waals surface area contributed by atoms with Gasteiger partial charge in [-0.25, -0.2) is 0 Å². The molecule has 0 radical (unpaired) electrons. The molecule has 0 aliphatic heterocycles. The summed E-state index contributed by atoms with van der Waals surface area (Å²) in [7, 11) is 0. The van der Waals surface area contributed by atoms with Gasteiger partial charge >= 0.3 is 0 Å². The lowest BCUT2D eigenvalue weighted by molar-refractivity contribution is 0.136. The van der Waals surface area contributed by atoms with Crippen LogP contribution < -0.4 is 0 Å². The van der Waals surface area contributed by atoms with Gasteiger partial charge in [-0.15, -0.1) is 0 Å². The summed E-state index contributed by atoms with van der Waals surface area (Å²) < 4.78 is 0. The molecule has 0 bridgehead atoms. The van der Waals surface area contributed by atoms with Gasteiger partial charge in [0, 0.05) is 0 Å². The molecule has 0 heteroatoms. The van der Waals surface area contributed by atoms with Crippen LogP contribution in [0.4, 0.5) is 0 Å². The van der Waals surface area contributed by atoms with Crippen molar-refractivity contribution in [3.05, 3.63) is 0 Å². The summed E-state index contributed by atoms with van der Waals surface area (Å²) in [5.74, 6) is 6.47. The number of hydrogen-bond acceptors (Lipinski definition) is 0. The molecule has 0 amide bonds. The predicted octanol–water partition coefficient (Wildman–Crippen LogP) is 4.35. The van der Waals surface area contributed by atoms with Crippen molar-refractivity contribution in [2.45, 2.75) is 53.4 Å². The Bertz CT molecular complexity index is 344. The first-order valence-electron chi connectivity index (χ1n) is 7.52. The van der Waals surface area contributed by atoms with Gasteiger partial charge in [-0.1, -0.05) is 27.7 Å². The molecular formula is C16H26. The van der Waals surface area contributed by atoms with E-state index in [2.05, 4.69) is 27.7 Å². The highest BCUT2D eigenvalue weighted by molar-refractivity contribution is 5.32.